The lowest BCUT2D eigenvalue weighted by Gasteiger charge is -2.28. The van der Waals surface area contributed by atoms with Crippen molar-refractivity contribution < 1.29 is 4.79 Å². The Labute approximate surface area is 198 Å². The topological polar surface area (TPSA) is 76.8 Å². The fourth-order valence-corrected chi connectivity index (χ4v) is 4.76. The molecule has 1 aliphatic heterocycles. The van der Waals surface area contributed by atoms with Crippen molar-refractivity contribution in [3.8, 4) is 5.69 Å². The molecule has 4 aromatic rings. The minimum Gasteiger partial charge on any atom is -0.333 e. The third kappa shape index (κ3) is 4.31. The smallest absolute Gasteiger partial charge is 0.276 e. The van der Waals surface area contributed by atoms with Crippen molar-refractivity contribution in [1.29, 1.82) is 0 Å². The molecule has 0 saturated carbocycles. The van der Waals surface area contributed by atoms with Gasteiger partial charge in [-0.25, -0.2) is 14.6 Å². The summed E-state index contributed by atoms with van der Waals surface area (Å²) in [5, 5.41) is 9.29. The van der Waals surface area contributed by atoms with Gasteiger partial charge in [-0.3, -0.25) is 4.79 Å². The Morgan fingerprint density at radius 3 is 2.53 bits per heavy atom. The van der Waals surface area contributed by atoms with E-state index in [2.05, 4.69) is 48.3 Å². The van der Waals surface area contributed by atoms with Crippen molar-refractivity contribution in [2.45, 2.75) is 23.9 Å². The molecule has 0 unspecified atom stereocenters. The summed E-state index contributed by atoms with van der Waals surface area (Å²) in [4.78, 5) is 23.9. The van der Waals surface area contributed by atoms with Gasteiger partial charge in [-0.05, 0) is 47.9 Å². The molecule has 1 aliphatic rings. The van der Waals surface area contributed by atoms with E-state index in [0.29, 0.717) is 29.7 Å². The van der Waals surface area contributed by atoms with Crippen LogP contribution >= 0.6 is 27.7 Å². The predicted octanol–water partition coefficient (Wildman–Crippen LogP) is 4.31. The first kappa shape index (κ1) is 20.8. The molecule has 7 nitrogen and oxygen atoms in total. The summed E-state index contributed by atoms with van der Waals surface area (Å²) in [7, 11) is 0. The highest BCUT2D eigenvalue weighted by molar-refractivity contribution is 9.10. The maximum atomic E-state index is 13.5. The van der Waals surface area contributed by atoms with E-state index in [4.69, 9.17) is 0 Å². The fourth-order valence-electron chi connectivity index (χ4n) is 3.70. The van der Waals surface area contributed by atoms with E-state index in [1.54, 1.807) is 23.1 Å². The van der Waals surface area contributed by atoms with E-state index in [1.165, 1.54) is 22.9 Å². The minimum atomic E-state index is -0.104. The lowest BCUT2D eigenvalue weighted by atomic mass is 10.00. The second-order valence-electron chi connectivity index (χ2n) is 7.34. The number of carbonyl (C=O) groups is 1. The number of benzene rings is 2. The fraction of sp³-hybridized carbons (Fsp3) is 0.174. The van der Waals surface area contributed by atoms with Gasteiger partial charge in [-0.15, -0.1) is 5.10 Å². The Morgan fingerprint density at radius 2 is 1.75 bits per heavy atom. The lowest BCUT2D eigenvalue weighted by Crippen LogP contribution is -2.36. The molecule has 5 rings (SSSR count). The number of carbonyl (C=O) groups excluding carboxylic acids is 1. The van der Waals surface area contributed by atoms with Crippen LogP contribution in [0.25, 0.3) is 5.69 Å². The number of fused-ring (bicyclic) bond motifs is 1. The summed E-state index contributed by atoms with van der Waals surface area (Å²) in [5.74, 6) is 0.367. The van der Waals surface area contributed by atoms with Gasteiger partial charge in [0.25, 0.3) is 5.91 Å². The molecule has 3 heterocycles. The van der Waals surface area contributed by atoms with Gasteiger partial charge in [-0.2, -0.15) is 0 Å². The number of aromatic nitrogens is 5. The Balaban J connectivity index is 1.47. The van der Waals surface area contributed by atoms with Gasteiger partial charge in [0, 0.05) is 35.7 Å². The third-order valence-electron chi connectivity index (χ3n) is 5.33. The summed E-state index contributed by atoms with van der Waals surface area (Å²) < 4.78 is 2.70. The summed E-state index contributed by atoms with van der Waals surface area (Å²) in [6.45, 7) is 1.24. The van der Waals surface area contributed by atoms with Crippen LogP contribution in [0.15, 0.2) is 76.6 Å². The average Bonchev–Trinajstić information content (AvgIpc) is 3.27. The van der Waals surface area contributed by atoms with Crippen molar-refractivity contribution in [1.82, 2.24) is 29.9 Å². The van der Waals surface area contributed by atoms with E-state index in [-0.39, 0.29) is 5.91 Å². The van der Waals surface area contributed by atoms with E-state index >= 15 is 0 Å². The maximum absolute atomic E-state index is 13.5. The number of halogens is 1. The molecule has 2 aromatic carbocycles. The SMILES string of the molecule is O=C(c1nnn(-c2ccc(Br)cc2)c1CSc1ncccn1)N1CCc2ccccc2C1. The highest BCUT2D eigenvalue weighted by Crippen LogP contribution is 2.26. The van der Waals surface area contributed by atoms with Crippen LogP contribution in [0.1, 0.15) is 27.3 Å². The van der Waals surface area contributed by atoms with Crippen LogP contribution < -0.4 is 0 Å². The van der Waals surface area contributed by atoms with Gasteiger partial charge >= 0.3 is 0 Å². The number of hydrogen-bond acceptors (Lipinski definition) is 6. The first-order valence-corrected chi connectivity index (χ1v) is 11.9. The highest BCUT2D eigenvalue weighted by atomic mass is 79.9. The van der Waals surface area contributed by atoms with E-state index < -0.39 is 0 Å². The highest BCUT2D eigenvalue weighted by Gasteiger charge is 2.28. The quantitative estimate of drug-likeness (QED) is 0.296. The van der Waals surface area contributed by atoms with Crippen LogP contribution in [0, 0.1) is 0 Å². The Morgan fingerprint density at radius 1 is 1.00 bits per heavy atom. The molecular formula is C23H19BrN6OS. The Bertz CT molecular complexity index is 1250. The maximum Gasteiger partial charge on any atom is 0.276 e. The van der Waals surface area contributed by atoms with Crippen LogP contribution in [0.3, 0.4) is 0 Å². The Hall–Kier alpha value is -3.04. The molecule has 0 bridgehead atoms. The average molecular weight is 507 g/mol. The van der Waals surface area contributed by atoms with Gasteiger partial charge in [0.15, 0.2) is 10.9 Å². The molecular weight excluding hydrogens is 488 g/mol. The second-order valence-corrected chi connectivity index (χ2v) is 9.20. The minimum absolute atomic E-state index is 0.104. The molecule has 1 amide bonds. The summed E-state index contributed by atoms with van der Waals surface area (Å²) in [5.41, 5.74) is 4.42. The molecule has 0 N–H and O–H groups in total. The molecule has 0 radical (unpaired) electrons. The largest absolute Gasteiger partial charge is 0.333 e. The van der Waals surface area contributed by atoms with Gasteiger partial charge < -0.3 is 4.90 Å². The number of nitrogens with zero attached hydrogens (tertiary/aromatic N) is 6. The van der Waals surface area contributed by atoms with Crippen LogP contribution in [-0.2, 0) is 18.7 Å². The van der Waals surface area contributed by atoms with Crippen LogP contribution in [0.5, 0.6) is 0 Å². The molecule has 32 heavy (non-hydrogen) atoms. The molecule has 0 saturated heterocycles. The van der Waals surface area contributed by atoms with Crippen LogP contribution in [0.4, 0.5) is 0 Å². The predicted molar refractivity (Wildman–Crippen MR) is 126 cm³/mol. The zero-order valence-electron chi connectivity index (χ0n) is 17.1. The number of thioether (sulfide) groups is 1. The van der Waals surface area contributed by atoms with Gasteiger partial charge in [0.05, 0.1) is 11.4 Å². The molecule has 9 heteroatoms. The van der Waals surface area contributed by atoms with E-state index in [0.717, 1.165) is 22.3 Å². The van der Waals surface area contributed by atoms with Gasteiger partial charge in [0.1, 0.15) is 0 Å². The molecule has 160 valence electrons. The second kappa shape index (κ2) is 9.22. The molecule has 2 aromatic heterocycles. The first-order valence-electron chi connectivity index (χ1n) is 10.2. The van der Waals surface area contributed by atoms with Crippen molar-refractivity contribution in [3.63, 3.8) is 0 Å². The van der Waals surface area contributed by atoms with E-state index in [1.807, 2.05) is 41.3 Å². The van der Waals surface area contributed by atoms with Crippen molar-refractivity contribution in [3.05, 3.63) is 94.0 Å². The summed E-state index contributed by atoms with van der Waals surface area (Å²) in [6, 6.07) is 17.8. The zero-order valence-corrected chi connectivity index (χ0v) is 19.5. The first-order chi connectivity index (χ1) is 15.7. The van der Waals surface area contributed by atoms with Crippen molar-refractivity contribution >= 4 is 33.6 Å². The number of hydrogen-bond donors (Lipinski definition) is 0. The Kier molecular flexibility index (Phi) is 6.00. The monoisotopic (exact) mass is 506 g/mol. The third-order valence-corrected chi connectivity index (χ3v) is 6.75. The van der Waals surface area contributed by atoms with Crippen LogP contribution in [-0.4, -0.2) is 42.3 Å². The van der Waals surface area contributed by atoms with Crippen molar-refractivity contribution in [2.75, 3.05) is 6.54 Å². The lowest BCUT2D eigenvalue weighted by molar-refractivity contribution is 0.0727. The molecule has 0 atom stereocenters. The van der Waals surface area contributed by atoms with Crippen LogP contribution in [0.2, 0.25) is 0 Å². The standard InChI is InChI=1S/C23H19BrN6OS/c24-18-6-8-19(9-7-18)30-20(15-32-23-25-11-3-12-26-23)21(27-28-30)22(31)29-13-10-16-4-1-2-5-17(16)14-29/h1-9,11-12H,10,13-15H2. The number of rotatable bonds is 5. The normalized spacial score (nSPS) is 13.1. The molecule has 0 spiro atoms. The van der Waals surface area contributed by atoms with Gasteiger partial charge in [0.2, 0.25) is 0 Å². The zero-order chi connectivity index (χ0) is 21.9. The number of amides is 1. The van der Waals surface area contributed by atoms with Crippen molar-refractivity contribution in [2.24, 2.45) is 0 Å². The summed E-state index contributed by atoms with van der Waals surface area (Å²) >= 11 is 4.92. The molecule has 0 aliphatic carbocycles. The van der Waals surface area contributed by atoms with Gasteiger partial charge in [-0.1, -0.05) is 57.2 Å². The molecule has 0 fully saturated rings. The summed E-state index contributed by atoms with van der Waals surface area (Å²) in [6.07, 6.45) is 4.25. The van der Waals surface area contributed by atoms with E-state index in [9.17, 15) is 4.79 Å².